The van der Waals surface area contributed by atoms with Crippen molar-refractivity contribution in [2.45, 2.75) is 37.6 Å². The van der Waals surface area contributed by atoms with Gasteiger partial charge in [-0.2, -0.15) is 0 Å². The molecule has 2 aromatic rings. The summed E-state index contributed by atoms with van der Waals surface area (Å²) in [7, 11) is -0.491. The van der Waals surface area contributed by atoms with Crippen LogP contribution in [-0.4, -0.2) is 22.6 Å². The molecule has 0 atom stereocenters. The predicted octanol–water partition coefficient (Wildman–Crippen LogP) is 3.48. The van der Waals surface area contributed by atoms with E-state index in [0.29, 0.717) is 11.5 Å². The smallest absolute Gasteiger partial charge is 0.240 e. The zero-order valence-corrected chi connectivity index (χ0v) is 16.1. The van der Waals surface area contributed by atoms with E-state index in [4.69, 9.17) is 9.47 Å². The Hall–Kier alpha value is -2.05. The van der Waals surface area contributed by atoms with Crippen molar-refractivity contribution in [3.8, 4) is 11.5 Å². The minimum absolute atomic E-state index is 0.0216. The normalized spacial score (nSPS) is 12.0. The van der Waals surface area contributed by atoms with Crippen LogP contribution in [0.1, 0.15) is 31.9 Å². The Labute approximate surface area is 150 Å². The number of rotatable bonds is 6. The maximum absolute atomic E-state index is 12.5. The maximum atomic E-state index is 12.5. The molecular weight excluding hydrogens is 338 g/mol. The molecule has 0 bridgehead atoms. The molecule has 25 heavy (non-hydrogen) atoms. The van der Waals surface area contributed by atoms with Crippen molar-refractivity contribution in [3.05, 3.63) is 53.6 Å². The van der Waals surface area contributed by atoms with Crippen LogP contribution in [-0.2, 0) is 22.0 Å². The second-order valence-corrected chi connectivity index (χ2v) is 8.54. The SMILES string of the molecule is COc1ccc(CNS(=O)(=O)c2ccc(C(C)(C)C)cc2)c(OC)c1. The van der Waals surface area contributed by atoms with E-state index in [1.807, 2.05) is 12.1 Å². The van der Waals surface area contributed by atoms with E-state index in [1.165, 1.54) is 7.11 Å². The Morgan fingerprint density at radius 3 is 2.12 bits per heavy atom. The van der Waals surface area contributed by atoms with Gasteiger partial charge in [-0.3, -0.25) is 0 Å². The zero-order valence-electron chi connectivity index (χ0n) is 15.3. The topological polar surface area (TPSA) is 64.6 Å². The van der Waals surface area contributed by atoms with Crippen molar-refractivity contribution in [3.63, 3.8) is 0 Å². The molecule has 0 aliphatic carbocycles. The molecule has 136 valence electrons. The fourth-order valence-corrected chi connectivity index (χ4v) is 3.39. The van der Waals surface area contributed by atoms with E-state index in [0.717, 1.165) is 11.1 Å². The lowest BCUT2D eigenvalue weighted by Crippen LogP contribution is -2.23. The molecule has 5 nitrogen and oxygen atoms in total. The van der Waals surface area contributed by atoms with E-state index < -0.39 is 10.0 Å². The molecule has 0 fully saturated rings. The minimum Gasteiger partial charge on any atom is -0.497 e. The lowest BCUT2D eigenvalue weighted by Gasteiger charge is -2.19. The zero-order chi connectivity index (χ0) is 18.7. The van der Waals surface area contributed by atoms with Gasteiger partial charge in [-0.1, -0.05) is 39.0 Å². The average molecular weight is 363 g/mol. The third kappa shape index (κ3) is 4.74. The number of methoxy groups -OCH3 is 2. The highest BCUT2D eigenvalue weighted by atomic mass is 32.2. The Balaban J connectivity index is 2.17. The van der Waals surface area contributed by atoms with Gasteiger partial charge in [0.2, 0.25) is 10.0 Å². The number of benzene rings is 2. The summed E-state index contributed by atoms with van der Waals surface area (Å²) in [5, 5.41) is 0. The third-order valence-corrected chi connectivity index (χ3v) is 5.39. The predicted molar refractivity (Wildman–Crippen MR) is 98.7 cm³/mol. The molecule has 6 heteroatoms. The standard InChI is InChI=1S/C19H25NO4S/c1-19(2,3)15-7-10-17(11-8-15)25(21,22)20-13-14-6-9-16(23-4)12-18(14)24-5/h6-12,20H,13H2,1-5H3. The summed E-state index contributed by atoms with van der Waals surface area (Å²) < 4.78 is 38.1. The van der Waals surface area contributed by atoms with Crippen LogP contribution >= 0.6 is 0 Å². The molecule has 0 aliphatic heterocycles. The average Bonchev–Trinajstić information content (AvgIpc) is 2.59. The van der Waals surface area contributed by atoms with Crippen LogP contribution < -0.4 is 14.2 Å². The largest absolute Gasteiger partial charge is 0.497 e. The summed E-state index contributed by atoms with van der Waals surface area (Å²) in [6, 6.07) is 12.2. The highest BCUT2D eigenvalue weighted by Crippen LogP contribution is 2.26. The van der Waals surface area contributed by atoms with Gasteiger partial charge < -0.3 is 9.47 Å². The Morgan fingerprint density at radius 1 is 0.960 bits per heavy atom. The van der Waals surface area contributed by atoms with Gasteiger partial charge in [-0.15, -0.1) is 0 Å². The van der Waals surface area contributed by atoms with E-state index in [9.17, 15) is 8.42 Å². The van der Waals surface area contributed by atoms with E-state index >= 15 is 0 Å². The van der Waals surface area contributed by atoms with Gasteiger partial charge in [0.25, 0.3) is 0 Å². The molecule has 0 heterocycles. The van der Waals surface area contributed by atoms with Crippen LogP contribution in [0.4, 0.5) is 0 Å². The second-order valence-electron chi connectivity index (χ2n) is 6.78. The molecule has 0 amide bonds. The highest BCUT2D eigenvalue weighted by Gasteiger charge is 2.18. The number of hydrogen-bond donors (Lipinski definition) is 1. The second kappa shape index (κ2) is 7.45. The lowest BCUT2D eigenvalue weighted by atomic mass is 9.87. The fraction of sp³-hybridized carbons (Fsp3) is 0.368. The van der Waals surface area contributed by atoms with Gasteiger partial charge in [0, 0.05) is 18.2 Å². The van der Waals surface area contributed by atoms with Crippen LogP contribution in [0, 0.1) is 0 Å². The molecular formula is C19H25NO4S. The Kier molecular flexibility index (Phi) is 5.75. The first kappa shape index (κ1) is 19.3. The highest BCUT2D eigenvalue weighted by molar-refractivity contribution is 7.89. The van der Waals surface area contributed by atoms with Crippen LogP contribution in [0.3, 0.4) is 0 Å². The lowest BCUT2D eigenvalue weighted by molar-refractivity contribution is 0.390. The van der Waals surface area contributed by atoms with Crippen molar-refractivity contribution in [2.75, 3.05) is 14.2 Å². The van der Waals surface area contributed by atoms with Gasteiger partial charge in [-0.05, 0) is 29.2 Å². The van der Waals surface area contributed by atoms with Crippen LogP contribution in [0.25, 0.3) is 0 Å². The molecule has 0 aliphatic rings. The number of ether oxygens (including phenoxy) is 2. The van der Waals surface area contributed by atoms with Gasteiger partial charge >= 0.3 is 0 Å². The van der Waals surface area contributed by atoms with Crippen molar-refractivity contribution < 1.29 is 17.9 Å². The van der Waals surface area contributed by atoms with E-state index in [2.05, 4.69) is 25.5 Å². The first-order valence-electron chi connectivity index (χ1n) is 7.98. The summed E-state index contributed by atoms with van der Waals surface area (Å²) in [6.07, 6.45) is 0. The first-order valence-corrected chi connectivity index (χ1v) is 9.47. The van der Waals surface area contributed by atoms with E-state index in [1.54, 1.807) is 37.4 Å². The molecule has 1 N–H and O–H groups in total. The quantitative estimate of drug-likeness (QED) is 0.853. The molecule has 0 spiro atoms. The molecule has 0 saturated heterocycles. The van der Waals surface area contributed by atoms with Gasteiger partial charge in [0.05, 0.1) is 19.1 Å². The van der Waals surface area contributed by atoms with Gasteiger partial charge in [-0.25, -0.2) is 13.1 Å². The molecule has 0 saturated carbocycles. The van der Waals surface area contributed by atoms with E-state index in [-0.39, 0.29) is 16.9 Å². The van der Waals surface area contributed by atoms with Crippen molar-refractivity contribution in [1.82, 2.24) is 4.72 Å². The van der Waals surface area contributed by atoms with Crippen molar-refractivity contribution in [2.24, 2.45) is 0 Å². The Morgan fingerprint density at radius 2 is 1.60 bits per heavy atom. The molecule has 2 rings (SSSR count). The molecule has 0 unspecified atom stereocenters. The molecule has 0 radical (unpaired) electrons. The summed E-state index contributed by atoms with van der Waals surface area (Å²) in [6.45, 7) is 6.40. The van der Waals surface area contributed by atoms with Crippen LogP contribution in [0.2, 0.25) is 0 Å². The van der Waals surface area contributed by atoms with Crippen LogP contribution in [0.15, 0.2) is 47.4 Å². The number of hydrogen-bond acceptors (Lipinski definition) is 4. The fourth-order valence-electron chi connectivity index (χ4n) is 2.39. The van der Waals surface area contributed by atoms with Crippen molar-refractivity contribution in [1.29, 1.82) is 0 Å². The van der Waals surface area contributed by atoms with Crippen LogP contribution in [0.5, 0.6) is 11.5 Å². The summed E-state index contributed by atoms with van der Waals surface area (Å²) in [5.41, 5.74) is 1.80. The number of sulfonamides is 1. The first-order chi connectivity index (χ1) is 11.7. The van der Waals surface area contributed by atoms with Crippen molar-refractivity contribution >= 4 is 10.0 Å². The monoisotopic (exact) mass is 363 g/mol. The molecule has 2 aromatic carbocycles. The number of nitrogens with one attached hydrogen (secondary N) is 1. The van der Waals surface area contributed by atoms with Gasteiger partial charge in [0.15, 0.2) is 0 Å². The molecule has 0 aromatic heterocycles. The summed E-state index contributed by atoms with van der Waals surface area (Å²) in [5.74, 6) is 1.23. The summed E-state index contributed by atoms with van der Waals surface area (Å²) in [4.78, 5) is 0.243. The summed E-state index contributed by atoms with van der Waals surface area (Å²) >= 11 is 0. The minimum atomic E-state index is -3.60. The Bertz CT molecular complexity index is 821. The van der Waals surface area contributed by atoms with Gasteiger partial charge in [0.1, 0.15) is 11.5 Å². The maximum Gasteiger partial charge on any atom is 0.240 e. The third-order valence-electron chi connectivity index (χ3n) is 3.98.